The van der Waals surface area contributed by atoms with Crippen molar-refractivity contribution < 1.29 is 14.3 Å². The van der Waals surface area contributed by atoms with Crippen LogP contribution in [0.2, 0.25) is 0 Å². The summed E-state index contributed by atoms with van der Waals surface area (Å²) in [4.78, 5) is 30.3. The maximum absolute atomic E-state index is 13.3. The van der Waals surface area contributed by atoms with Gasteiger partial charge in [0.2, 0.25) is 0 Å². The summed E-state index contributed by atoms with van der Waals surface area (Å²) in [5.74, 6) is 1.19. The Bertz CT molecular complexity index is 1550. The number of hydrogen-bond acceptors (Lipinski definition) is 6. The molecule has 0 fully saturated rings. The molecule has 1 aromatic heterocycles. The van der Waals surface area contributed by atoms with Gasteiger partial charge in [-0.25, -0.2) is 4.98 Å². The highest BCUT2D eigenvalue weighted by Gasteiger charge is 2.12. The number of carbonyl (C=O) groups excluding carboxylic acids is 1. The second-order valence-electron chi connectivity index (χ2n) is 8.72. The van der Waals surface area contributed by atoms with Crippen LogP contribution in [0.25, 0.3) is 10.9 Å². The Morgan fingerprint density at radius 3 is 2.71 bits per heavy atom. The minimum Gasteiger partial charge on any atom is -0.493 e. The van der Waals surface area contributed by atoms with Gasteiger partial charge in [0.15, 0.2) is 18.1 Å². The molecule has 0 atom stereocenters. The number of benzene rings is 3. The van der Waals surface area contributed by atoms with Crippen LogP contribution >= 0.6 is 15.9 Å². The van der Waals surface area contributed by atoms with Gasteiger partial charge in [-0.3, -0.25) is 9.59 Å². The lowest BCUT2D eigenvalue weighted by Crippen LogP contribution is -2.22. The van der Waals surface area contributed by atoms with E-state index in [1.165, 1.54) is 11.8 Å². The van der Waals surface area contributed by atoms with Gasteiger partial charge in [0.05, 0.1) is 24.2 Å². The van der Waals surface area contributed by atoms with E-state index in [-0.39, 0.29) is 18.1 Å². The predicted octanol–water partition coefficient (Wildman–Crippen LogP) is 5.72. The average molecular weight is 577 g/mol. The molecule has 0 radical (unpaired) electrons. The van der Waals surface area contributed by atoms with Crippen LogP contribution in [0.5, 0.6) is 11.5 Å². The molecule has 1 N–H and O–H groups in total. The Kier molecular flexibility index (Phi) is 8.91. The van der Waals surface area contributed by atoms with E-state index in [4.69, 9.17) is 14.5 Å². The molecule has 9 heteroatoms. The van der Waals surface area contributed by atoms with Crippen LogP contribution in [0.3, 0.4) is 0 Å². The Morgan fingerprint density at radius 1 is 1.13 bits per heavy atom. The molecule has 3 aromatic carbocycles. The summed E-state index contributed by atoms with van der Waals surface area (Å²) in [6.07, 6.45) is 4.08. The van der Waals surface area contributed by atoms with Crippen molar-refractivity contribution in [1.29, 1.82) is 0 Å². The fraction of sp³-hybridized carbons (Fsp3) is 0.241. The van der Waals surface area contributed by atoms with Gasteiger partial charge in [0.1, 0.15) is 5.82 Å². The molecule has 0 bridgehead atoms. The average Bonchev–Trinajstić information content (AvgIpc) is 2.92. The van der Waals surface area contributed by atoms with Crippen LogP contribution in [-0.2, 0) is 11.2 Å². The molecule has 8 nitrogen and oxygen atoms in total. The zero-order valence-corrected chi connectivity index (χ0v) is 23.1. The number of halogens is 1. The number of carbonyl (C=O) groups is 1. The maximum atomic E-state index is 13.3. The van der Waals surface area contributed by atoms with E-state index in [1.54, 1.807) is 30.5 Å². The quantitative estimate of drug-likeness (QED) is 0.244. The van der Waals surface area contributed by atoms with E-state index in [0.29, 0.717) is 40.2 Å². The third-order valence-electron chi connectivity index (χ3n) is 5.92. The summed E-state index contributed by atoms with van der Waals surface area (Å²) >= 11 is 3.43. The van der Waals surface area contributed by atoms with Gasteiger partial charge >= 0.3 is 0 Å². The molecular weight excluding hydrogens is 548 g/mol. The van der Waals surface area contributed by atoms with Crippen molar-refractivity contribution in [3.05, 3.63) is 92.4 Å². The van der Waals surface area contributed by atoms with E-state index >= 15 is 0 Å². The number of aryl methyl sites for hydroxylation is 2. The molecule has 1 heterocycles. The fourth-order valence-electron chi connectivity index (χ4n) is 3.86. The number of methoxy groups -OCH3 is 1. The number of nitrogens with zero attached hydrogens (tertiary/aromatic N) is 3. The molecule has 4 aromatic rings. The van der Waals surface area contributed by atoms with Gasteiger partial charge in [-0.2, -0.15) is 9.78 Å². The fourth-order valence-corrected chi connectivity index (χ4v) is 4.22. The van der Waals surface area contributed by atoms with Crippen LogP contribution in [0.15, 0.2) is 75.0 Å². The minimum atomic E-state index is -0.276. The van der Waals surface area contributed by atoms with E-state index in [0.717, 1.165) is 28.6 Å². The zero-order chi connectivity index (χ0) is 27.1. The number of unbranched alkanes of at least 4 members (excludes halogenated alkanes) is 1. The van der Waals surface area contributed by atoms with Gasteiger partial charge in [0.25, 0.3) is 11.5 Å². The summed E-state index contributed by atoms with van der Waals surface area (Å²) in [6.45, 7) is 3.84. The van der Waals surface area contributed by atoms with Crippen LogP contribution in [0, 0.1) is 6.92 Å². The molecule has 0 saturated carbocycles. The van der Waals surface area contributed by atoms with Crippen molar-refractivity contribution in [1.82, 2.24) is 9.66 Å². The molecule has 0 spiro atoms. The van der Waals surface area contributed by atoms with Crippen molar-refractivity contribution in [3.8, 4) is 11.5 Å². The molecule has 0 saturated heterocycles. The number of anilines is 1. The van der Waals surface area contributed by atoms with Crippen molar-refractivity contribution >= 4 is 44.6 Å². The van der Waals surface area contributed by atoms with Crippen molar-refractivity contribution in [3.63, 3.8) is 0 Å². The Balaban J connectivity index is 1.54. The highest BCUT2D eigenvalue weighted by Crippen LogP contribution is 2.28. The molecule has 0 aliphatic rings. The summed E-state index contributed by atoms with van der Waals surface area (Å²) in [7, 11) is 1.52. The summed E-state index contributed by atoms with van der Waals surface area (Å²) in [6, 6.07) is 18.2. The Morgan fingerprint density at radius 2 is 1.95 bits per heavy atom. The number of amides is 1. The third-order valence-corrected chi connectivity index (χ3v) is 6.41. The highest BCUT2D eigenvalue weighted by atomic mass is 79.9. The molecule has 0 aliphatic carbocycles. The van der Waals surface area contributed by atoms with Gasteiger partial charge in [0, 0.05) is 16.6 Å². The van der Waals surface area contributed by atoms with Crippen molar-refractivity contribution in [2.24, 2.45) is 5.10 Å². The number of aromatic nitrogens is 2. The lowest BCUT2D eigenvalue weighted by Gasteiger charge is -2.12. The summed E-state index contributed by atoms with van der Waals surface area (Å²) < 4.78 is 13.3. The van der Waals surface area contributed by atoms with Crippen LogP contribution in [0.4, 0.5) is 5.69 Å². The van der Waals surface area contributed by atoms with Crippen LogP contribution in [-0.4, -0.2) is 35.5 Å². The first-order valence-corrected chi connectivity index (χ1v) is 13.1. The number of ether oxygens (including phenoxy) is 2. The number of rotatable bonds is 10. The number of nitrogens with one attached hydrogen (secondary N) is 1. The Labute approximate surface area is 229 Å². The highest BCUT2D eigenvalue weighted by molar-refractivity contribution is 9.10. The second kappa shape index (κ2) is 12.5. The molecule has 0 aliphatic heterocycles. The molecule has 4 rings (SSSR count). The summed E-state index contributed by atoms with van der Waals surface area (Å²) in [5.41, 5.74) is 2.81. The van der Waals surface area contributed by atoms with E-state index < -0.39 is 0 Å². The largest absolute Gasteiger partial charge is 0.493 e. The van der Waals surface area contributed by atoms with Crippen LogP contribution < -0.4 is 20.3 Å². The van der Waals surface area contributed by atoms with E-state index in [9.17, 15) is 9.59 Å². The van der Waals surface area contributed by atoms with Crippen molar-refractivity contribution in [2.45, 2.75) is 33.1 Å². The number of fused-ring (bicyclic) bond motifs is 1. The third kappa shape index (κ3) is 6.47. The first-order chi connectivity index (χ1) is 18.4. The lowest BCUT2D eigenvalue weighted by molar-refractivity contribution is -0.118. The Hall–Kier alpha value is -3.98. The number of hydrogen-bond donors (Lipinski definition) is 1. The molecule has 38 heavy (non-hydrogen) atoms. The van der Waals surface area contributed by atoms with Gasteiger partial charge < -0.3 is 14.8 Å². The topological polar surface area (TPSA) is 94.8 Å². The molecule has 196 valence electrons. The maximum Gasteiger partial charge on any atom is 0.282 e. The van der Waals surface area contributed by atoms with Gasteiger partial charge in [-0.1, -0.05) is 47.5 Å². The van der Waals surface area contributed by atoms with E-state index in [1.807, 2.05) is 43.3 Å². The predicted molar refractivity (Wildman–Crippen MR) is 154 cm³/mol. The molecule has 1 amide bonds. The molecule has 0 unspecified atom stereocenters. The second-order valence-corrected chi connectivity index (χ2v) is 9.63. The SMILES string of the molecule is CCCCc1nc2ccc(Br)cc2c(=O)n1N=Cc1ccc(OCC(=O)Nc2ccccc2C)c(OC)c1. The van der Waals surface area contributed by atoms with E-state index in [2.05, 4.69) is 33.3 Å². The minimum absolute atomic E-state index is 0.174. The lowest BCUT2D eigenvalue weighted by atomic mass is 10.2. The standard InChI is InChI=1S/C29H29BrN4O4/c1-4-5-10-27-32-24-13-12-21(30)16-22(24)29(36)34(27)31-17-20-11-14-25(26(15-20)37-3)38-18-28(35)33-23-9-7-6-8-19(23)2/h6-9,11-17H,4-5,10,18H2,1-3H3,(H,33,35). The normalized spacial score (nSPS) is 11.2. The monoisotopic (exact) mass is 576 g/mol. The van der Waals surface area contributed by atoms with Gasteiger partial charge in [-0.05, 0) is 66.9 Å². The first kappa shape index (κ1) is 27.1. The van der Waals surface area contributed by atoms with Gasteiger partial charge in [-0.15, -0.1) is 0 Å². The first-order valence-electron chi connectivity index (χ1n) is 12.3. The van der Waals surface area contributed by atoms with Crippen LogP contribution in [0.1, 0.15) is 36.7 Å². The number of para-hydroxylation sites is 1. The zero-order valence-electron chi connectivity index (χ0n) is 21.5. The molecular formula is C29H29BrN4O4. The summed E-state index contributed by atoms with van der Waals surface area (Å²) in [5, 5.41) is 7.81. The smallest absolute Gasteiger partial charge is 0.282 e. The van der Waals surface area contributed by atoms with Crippen molar-refractivity contribution in [2.75, 3.05) is 19.0 Å².